The van der Waals surface area contributed by atoms with Crippen LogP contribution in [-0.4, -0.2) is 12.0 Å². The molecule has 0 radical (unpaired) electrons. The number of hydrazine groups is 1. The molecule has 0 aliphatic rings. The number of nitrogens with zero attached hydrogens (tertiary/aromatic N) is 1. The molecule has 88 valence electrons. The van der Waals surface area contributed by atoms with E-state index in [1.807, 2.05) is 30.3 Å². The first-order valence-electron chi connectivity index (χ1n) is 5.66. The van der Waals surface area contributed by atoms with Crippen molar-refractivity contribution in [2.45, 2.75) is 32.7 Å². The summed E-state index contributed by atoms with van der Waals surface area (Å²) >= 11 is 0. The first kappa shape index (κ1) is 12.5. The van der Waals surface area contributed by atoms with Gasteiger partial charge >= 0.3 is 0 Å². The van der Waals surface area contributed by atoms with Crippen LogP contribution in [0.25, 0.3) is 0 Å². The van der Waals surface area contributed by atoms with Crippen LogP contribution in [0.3, 0.4) is 0 Å². The number of anilines is 1. The van der Waals surface area contributed by atoms with Crippen molar-refractivity contribution in [2.75, 3.05) is 5.32 Å². The Hall–Kier alpha value is -1.55. The van der Waals surface area contributed by atoms with E-state index in [4.69, 9.17) is 5.84 Å². The van der Waals surface area contributed by atoms with E-state index in [1.165, 1.54) is 0 Å². The van der Waals surface area contributed by atoms with E-state index in [-0.39, 0.29) is 0 Å². The smallest absolute Gasteiger partial charge is 0.210 e. The van der Waals surface area contributed by atoms with Gasteiger partial charge < -0.3 is 5.32 Å². The third-order valence-electron chi connectivity index (χ3n) is 2.43. The largest absolute Gasteiger partial charge is 0.325 e. The fourth-order valence-electron chi connectivity index (χ4n) is 1.42. The lowest BCUT2D eigenvalue weighted by molar-refractivity contribution is 0.628. The van der Waals surface area contributed by atoms with Crippen LogP contribution in [0.1, 0.15) is 26.7 Å². The Balaban J connectivity index is 2.68. The molecule has 0 aromatic heterocycles. The summed E-state index contributed by atoms with van der Waals surface area (Å²) in [6.45, 7) is 4.24. The van der Waals surface area contributed by atoms with Crippen molar-refractivity contribution < 1.29 is 0 Å². The minimum Gasteiger partial charge on any atom is -0.325 e. The highest BCUT2D eigenvalue weighted by atomic mass is 15.3. The molecule has 0 saturated carbocycles. The molecule has 1 rings (SSSR count). The molecule has 0 aliphatic carbocycles. The number of nitrogens with two attached hydrogens (primary N) is 1. The van der Waals surface area contributed by atoms with Crippen LogP contribution in [0.15, 0.2) is 35.3 Å². The highest BCUT2D eigenvalue weighted by molar-refractivity contribution is 5.93. The Bertz CT molecular complexity index is 317. The number of nitrogens with one attached hydrogen (secondary N) is 2. The summed E-state index contributed by atoms with van der Waals surface area (Å²) in [5.74, 6) is 6.05. The van der Waals surface area contributed by atoms with Crippen LogP contribution < -0.4 is 16.6 Å². The highest BCUT2D eigenvalue weighted by Crippen LogP contribution is 2.06. The van der Waals surface area contributed by atoms with Gasteiger partial charge in [0.2, 0.25) is 5.96 Å². The number of benzene rings is 1. The molecular weight excluding hydrogens is 200 g/mol. The molecule has 4 N–H and O–H groups in total. The minimum absolute atomic E-state index is 0.308. The van der Waals surface area contributed by atoms with Crippen molar-refractivity contribution >= 4 is 11.6 Å². The van der Waals surface area contributed by atoms with E-state index in [0.717, 1.165) is 18.5 Å². The molecule has 0 spiro atoms. The zero-order valence-electron chi connectivity index (χ0n) is 9.90. The number of hydrogen-bond acceptors (Lipinski definition) is 2. The molecule has 1 aromatic rings. The Morgan fingerprint density at radius 1 is 1.25 bits per heavy atom. The first-order chi connectivity index (χ1) is 7.80. The summed E-state index contributed by atoms with van der Waals surface area (Å²) in [5, 5.41) is 3.14. The molecule has 0 unspecified atom stereocenters. The summed E-state index contributed by atoms with van der Waals surface area (Å²) in [6, 6.07) is 10.2. The number of guanidine groups is 1. The average molecular weight is 220 g/mol. The van der Waals surface area contributed by atoms with Crippen molar-refractivity contribution in [1.29, 1.82) is 0 Å². The van der Waals surface area contributed by atoms with Crippen LogP contribution in [0.5, 0.6) is 0 Å². The lowest BCUT2D eigenvalue weighted by Crippen LogP contribution is -2.37. The normalized spacial score (nSPS) is 11.6. The van der Waals surface area contributed by atoms with Crippen LogP contribution in [0.2, 0.25) is 0 Å². The Morgan fingerprint density at radius 2 is 1.88 bits per heavy atom. The zero-order chi connectivity index (χ0) is 11.8. The number of para-hydroxylation sites is 1. The van der Waals surface area contributed by atoms with Crippen LogP contribution in [0, 0.1) is 0 Å². The molecule has 0 aliphatic heterocycles. The van der Waals surface area contributed by atoms with Gasteiger partial charge in [-0.3, -0.25) is 5.43 Å². The first-order valence-corrected chi connectivity index (χ1v) is 5.66. The van der Waals surface area contributed by atoms with Crippen molar-refractivity contribution in [3.8, 4) is 0 Å². The lowest BCUT2D eigenvalue weighted by Gasteiger charge is -2.12. The van der Waals surface area contributed by atoms with Crippen LogP contribution in [-0.2, 0) is 0 Å². The second-order valence-corrected chi connectivity index (χ2v) is 3.58. The lowest BCUT2D eigenvalue weighted by atomic mass is 10.2. The molecule has 0 amide bonds. The van der Waals surface area contributed by atoms with Gasteiger partial charge in [-0.15, -0.1) is 0 Å². The maximum Gasteiger partial charge on any atom is 0.210 e. The summed E-state index contributed by atoms with van der Waals surface area (Å²) < 4.78 is 0. The Kier molecular flexibility index (Phi) is 5.36. The molecular formula is C12H20N4. The van der Waals surface area contributed by atoms with Gasteiger partial charge in [0.05, 0.1) is 6.04 Å². The maximum absolute atomic E-state index is 5.44. The monoisotopic (exact) mass is 220 g/mol. The number of rotatable bonds is 4. The van der Waals surface area contributed by atoms with E-state index in [9.17, 15) is 0 Å². The maximum atomic E-state index is 5.44. The molecule has 1 aromatic carbocycles. The molecule has 0 saturated heterocycles. The second-order valence-electron chi connectivity index (χ2n) is 3.58. The van der Waals surface area contributed by atoms with Crippen molar-refractivity contribution in [1.82, 2.24) is 5.43 Å². The summed E-state index contributed by atoms with van der Waals surface area (Å²) in [6.07, 6.45) is 2.02. The van der Waals surface area contributed by atoms with Crippen molar-refractivity contribution in [3.63, 3.8) is 0 Å². The van der Waals surface area contributed by atoms with E-state index in [1.54, 1.807) is 0 Å². The molecule has 0 heterocycles. The van der Waals surface area contributed by atoms with Gasteiger partial charge in [0.25, 0.3) is 0 Å². The van der Waals surface area contributed by atoms with Gasteiger partial charge in [-0.05, 0) is 25.0 Å². The van der Waals surface area contributed by atoms with Gasteiger partial charge in [0.1, 0.15) is 0 Å². The number of aliphatic imine (C=N–C) groups is 1. The van der Waals surface area contributed by atoms with Gasteiger partial charge in [-0.1, -0.05) is 32.0 Å². The molecule has 4 nitrogen and oxygen atoms in total. The third-order valence-corrected chi connectivity index (χ3v) is 2.43. The fraction of sp³-hybridized carbons (Fsp3) is 0.417. The minimum atomic E-state index is 0.308. The molecule has 4 heteroatoms. The summed E-state index contributed by atoms with van der Waals surface area (Å²) in [5.41, 5.74) is 3.57. The molecule has 16 heavy (non-hydrogen) atoms. The predicted octanol–water partition coefficient (Wildman–Crippen LogP) is 2.11. The third kappa shape index (κ3) is 3.90. The van der Waals surface area contributed by atoms with Crippen molar-refractivity contribution in [3.05, 3.63) is 30.3 Å². The van der Waals surface area contributed by atoms with Gasteiger partial charge in [-0.25, -0.2) is 10.8 Å². The second kappa shape index (κ2) is 6.85. The van der Waals surface area contributed by atoms with Gasteiger partial charge in [-0.2, -0.15) is 0 Å². The van der Waals surface area contributed by atoms with Crippen LogP contribution >= 0.6 is 0 Å². The van der Waals surface area contributed by atoms with E-state index >= 15 is 0 Å². The van der Waals surface area contributed by atoms with Gasteiger partial charge in [0, 0.05) is 5.69 Å². The quantitative estimate of drug-likeness (QED) is 0.315. The van der Waals surface area contributed by atoms with E-state index in [0.29, 0.717) is 12.0 Å². The standard InChI is InChI=1S/C12H20N4/c1-3-10(4-2)14-12(16-13)15-11-8-6-5-7-9-11/h5-10H,3-4,13H2,1-2H3,(H2,14,15,16). The predicted molar refractivity (Wildman–Crippen MR) is 69.2 cm³/mol. The molecule has 0 bridgehead atoms. The molecule has 0 fully saturated rings. The van der Waals surface area contributed by atoms with Crippen molar-refractivity contribution in [2.24, 2.45) is 10.8 Å². The SMILES string of the molecule is CCC(CC)N=C(NN)Nc1ccccc1. The summed E-state index contributed by atoms with van der Waals surface area (Å²) in [7, 11) is 0. The zero-order valence-corrected chi connectivity index (χ0v) is 9.90. The fourth-order valence-corrected chi connectivity index (χ4v) is 1.42. The van der Waals surface area contributed by atoms with Gasteiger partial charge in [0.15, 0.2) is 0 Å². The topological polar surface area (TPSA) is 62.4 Å². The summed E-state index contributed by atoms with van der Waals surface area (Å²) in [4.78, 5) is 4.50. The van der Waals surface area contributed by atoms with E-state index in [2.05, 4.69) is 29.6 Å². The molecule has 0 atom stereocenters. The Morgan fingerprint density at radius 3 is 2.38 bits per heavy atom. The average Bonchev–Trinajstić information content (AvgIpc) is 2.35. The number of hydrogen-bond donors (Lipinski definition) is 3. The Labute approximate surface area is 96.9 Å². The van der Waals surface area contributed by atoms with Crippen LogP contribution in [0.4, 0.5) is 5.69 Å². The highest BCUT2D eigenvalue weighted by Gasteiger charge is 2.03. The van der Waals surface area contributed by atoms with E-state index < -0.39 is 0 Å².